The van der Waals surface area contributed by atoms with E-state index in [1.165, 1.54) is 0 Å². The molecule has 0 fully saturated rings. The predicted molar refractivity (Wildman–Crippen MR) is 62.2 cm³/mol. The number of rotatable bonds is 2. The molecule has 0 aliphatic rings. The van der Waals surface area contributed by atoms with Crippen LogP contribution in [0.5, 0.6) is 0 Å². The lowest BCUT2D eigenvalue weighted by molar-refractivity contribution is 0.497. The quantitative estimate of drug-likeness (QED) is 0.843. The lowest BCUT2D eigenvalue weighted by Gasteiger charge is -2.08. The monoisotopic (exact) mass is 219 g/mol. The SMILES string of the molecule is Cc1oc2ncn(CC(C)C)c(=N)c2c1C. The molecule has 0 unspecified atom stereocenters. The summed E-state index contributed by atoms with van der Waals surface area (Å²) in [4.78, 5) is 4.25. The van der Waals surface area contributed by atoms with Gasteiger partial charge in [0.15, 0.2) is 0 Å². The molecule has 0 aromatic carbocycles. The van der Waals surface area contributed by atoms with Crippen LogP contribution in [0.2, 0.25) is 0 Å². The second-order valence-corrected chi connectivity index (χ2v) is 4.60. The average molecular weight is 219 g/mol. The maximum atomic E-state index is 8.15. The molecule has 0 aliphatic heterocycles. The smallest absolute Gasteiger partial charge is 0.231 e. The van der Waals surface area contributed by atoms with Gasteiger partial charge in [-0.05, 0) is 19.8 Å². The molecule has 0 radical (unpaired) electrons. The molecule has 0 saturated heterocycles. The topological polar surface area (TPSA) is 54.8 Å². The van der Waals surface area contributed by atoms with Gasteiger partial charge in [0.05, 0.1) is 5.39 Å². The van der Waals surface area contributed by atoms with Crippen molar-refractivity contribution in [3.63, 3.8) is 0 Å². The fourth-order valence-electron chi connectivity index (χ4n) is 1.83. The van der Waals surface area contributed by atoms with E-state index in [1.807, 2.05) is 18.4 Å². The van der Waals surface area contributed by atoms with Crippen molar-refractivity contribution >= 4 is 11.1 Å². The molecule has 2 rings (SSSR count). The first-order valence-electron chi connectivity index (χ1n) is 5.50. The minimum Gasteiger partial charge on any atom is -0.443 e. The zero-order chi connectivity index (χ0) is 11.9. The first kappa shape index (κ1) is 10.9. The molecule has 0 spiro atoms. The van der Waals surface area contributed by atoms with E-state index in [-0.39, 0.29) is 0 Å². The van der Waals surface area contributed by atoms with E-state index in [0.717, 1.165) is 23.3 Å². The Morgan fingerprint density at radius 1 is 1.44 bits per heavy atom. The Kier molecular flexibility index (Phi) is 2.58. The predicted octanol–water partition coefficient (Wildman–Crippen LogP) is 2.38. The van der Waals surface area contributed by atoms with Crippen molar-refractivity contribution < 1.29 is 4.42 Å². The normalized spacial score (nSPS) is 11.6. The van der Waals surface area contributed by atoms with Gasteiger partial charge in [-0.2, -0.15) is 0 Å². The summed E-state index contributed by atoms with van der Waals surface area (Å²) in [5.41, 5.74) is 2.08. The van der Waals surface area contributed by atoms with Crippen LogP contribution in [-0.4, -0.2) is 9.55 Å². The average Bonchev–Trinajstić information content (AvgIpc) is 2.48. The minimum absolute atomic E-state index is 0.494. The van der Waals surface area contributed by atoms with Crippen LogP contribution in [0.3, 0.4) is 0 Å². The van der Waals surface area contributed by atoms with E-state index in [9.17, 15) is 0 Å². The third-order valence-electron chi connectivity index (χ3n) is 2.77. The van der Waals surface area contributed by atoms with Gasteiger partial charge >= 0.3 is 0 Å². The molecule has 0 bridgehead atoms. The molecule has 1 N–H and O–H groups in total. The second-order valence-electron chi connectivity index (χ2n) is 4.60. The molecule has 86 valence electrons. The number of nitrogens with one attached hydrogen (secondary N) is 1. The number of furan rings is 1. The first-order valence-corrected chi connectivity index (χ1v) is 5.50. The van der Waals surface area contributed by atoms with Crippen LogP contribution < -0.4 is 5.49 Å². The van der Waals surface area contributed by atoms with Crippen LogP contribution in [0.4, 0.5) is 0 Å². The fourth-order valence-corrected chi connectivity index (χ4v) is 1.83. The Bertz CT molecular complexity index is 578. The van der Waals surface area contributed by atoms with E-state index in [2.05, 4.69) is 18.8 Å². The highest BCUT2D eigenvalue weighted by molar-refractivity contribution is 5.76. The summed E-state index contributed by atoms with van der Waals surface area (Å²) in [6, 6.07) is 0. The second kappa shape index (κ2) is 3.77. The van der Waals surface area contributed by atoms with Crippen molar-refractivity contribution in [3.05, 3.63) is 23.1 Å². The van der Waals surface area contributed by atoms with Crippen molar-refractivity contribution in [2.75, 3.05) is 0 Å². The van der Waals surface area contributed by atoms with Crippen LogP contribution >= 0.6 is 0 Å². The van der Waals surface area contributed by atoms with Crippen molar-refractivity contribution in [3.8, 4) is 0 Å². The summed E-state index contributed by atoms with van der Waals surface area (Å²) in [5.74, 6) is 1.35. The maximum absolute atomic E-state index is 8.15. The summed E-state index contributed by atoms with van der Waals surface area (Å²) in [5, 5.41) is 8.98. The largest absolute Gasteiger partial charge is 0.443 e. The maximum Gasteiger partial charge on any atom is 0.231 e. The van der Waals surface area contributed by atoms with Gasteiger partial charge in [-0.25, -0.2) is 4.98 Å². The molecule has 2 aromatic heterocycles. The van der Waals surface area contributed by atoms with Gasteiger partial charge in [-0.3, -0.25) is 5.41 Å². The Morgan fingerprint density at radius 3 is 2.75 bits per heavy atom. The minimum atomic E-state index is 0.494. The summed E-state index contributed by atoms with van der Waals surface area (Å²) in [7, 11) is 0. The molecular weight excluding hydrogens is 202 g/mol. The van der Waals surface area contributed by atoms with Crippen molar-refractivity contribution in [2.45, 2.75) is 34.2 Å². The number of hydrogen-bond donors (Lipinski definition) is 1. The first-order chi connectivity index (χ1) is 7.50. The van der Waals surface area contributed by atoms with Crippen LogP contribution in [0, 0.1) is 25.2 Å². The van der Waals surface area contributed by atoms with Gasteiger partial charge in [0.1, 0.15) is 17.6 Å². The zero-order valence-electron chi connectivity index (χ0n) is 10.2. The number of hydrogen-bond acceptors (Lipinski definition) is 3. The van der Waals surface area contributed by atoms with Crippen molar-refractivity contribution in [1.29, 1.82) is 5.41 Å². The summed E-state index contributed by atoms with van der Waals surface area (Å²) in [6.07, 6.45) is 1.69. The molecule has 0 amide bonds. The molecule has 4 heteroatoms. The molecular formula is C12H17N3O. The van der Waals surface area contributed by atoms with Gasteiger partial charge in [0.25, 0.3) is 0 Å². The third kappa shape index (κ3) is 1.64. The fraction of sp³-hybridized carbons (Fsp3) is 0.500. The molecule has 2 aromatic rings. The van der Waals surface area contributed by atoms with Crippen LogP contribution in [0.1, 0.15) is 25.2 Å². The summed E-state index contributed by atoms with van der Waals surface area (Å²) < 4.78 is 7.37. The molecule has 0 aliphatic carbocycles. The standard InChI is InChI=1S/C12H17N3O/c1-7(2)5-15-6-14-12-10(11(15)13)8(3)9(4)16-12/h6-7,13H,5H2,1-4H3. The van der Waals surface area contributed by atoms with Crippen LogP contribution in [0.25, 0.3) is 11.1 Å². The van der Waals surface area contributed by atoms with E-state index >= 15 is 0 Å². The van der Waals surface area contributed by atoms with Crippen LogP contribution in [0.15, 0.2) is 10.7 Å². The van der Waals surface area contributed by atoms with Gasteiger partial charge < -0.3 is 8.98 Å². The lowest BCUT2D eigenvalue weighted by atomic mass is 10.2. The van der Waals surface area contributed by atoms with E-state index in [1.54, 1.807) is 6.33 Å². The molecule has 0 saturated carbocycles. The third-order valence-corrected chi connectivity index (χ3v) is 2.77. The van der Waals surface area contributed by atoms with Gasteiger partial charge in [0.2, 0.25) is 5.71 Å². The Labute approximate surface area is 94.4 Å². The number of aryl methyl sites for hydroxylation is 2. The Hall–Kier alpha value is -1.58. The molecule has 16 heavy (non-hydrogen) atoms. The summed E-state index contributed by atoms with van der Waals surface area (Å²) >= 11 is 0. The van der Waals surface area contributed by atoms with Crippen LogP contribution in [-0.2, 0) is 6.54 Å². The zero-order valence-corrected chi connectivity index (χ0v) is 10.2. The highest BCUT2D eigenvalue weighted by atomic mass is 16.3. The van der Waals surface area contributed by atoms with Gasteiger partial charge in [-0.1, -0.05) is 13.8 Å². The van der Waals surface area contributed by atoms with Gasteiger partial charge in [0, 0.05) is 12.1 Å². The van der Waals surface area contributed by atoms with E-state index in [4.69, 9.17) is 9.83 Å². The number of aromatic nitrogens is 2. The van der Waals surface area contributed by atoms with Crippen molar-refractivity contribution in [2.24, 2.45) is 5.92 Å². The lowest BCUT2D eigenvalue weighted by Crippen LogP contribution is -2.23. The summed E-state index contributed by atoms with van der Waals surface area (Å²) in [6.45, 7) is 8.95. The van der Waals surface area contributed by atoms with Crippen molar-refractivity contribution in [1.82, 2.24) is 9.55 Å². The molecule has 4 nitrogen and oxygen atoms in total. The molecule has 0 atom stereocenters. The Morgan fingerprint density at radius 2 is 2.12 bits per heavy atom. The van der Waals surface area contributed by atoms with E-state index < -0.39 is 0 Å². The highest BCUT2D eigenvalue weighted by Crippen LogP contribution is 2.19. The highest BCUT2D eigenvalue weighted by Gasteiger charge is 2.11. The number of fused-ring (bicyclic) bond motifs is 1. The van der Waals surface area contributed by atoms with E-state index in [0.29, 0.717) is 17.1 Å². The number of nitrogens with zero attached hydrogens (tertiary/aromatic N) is 2. The molecule has 2 heterocycles. The van der Waals surface area contributed by atoms with Gasteiger partial charge in [-0.15, -0.1) is 0 Å². The Balaban J connectivity index is 2.69.